The number of carbonyl (C=O) groups excluding carboxylic acids is 3. The predicted octanol–water partition coefficient (Wildman–Crippen LogP) is 5.12. The average molecular weight is 494 g/mol. The van der Waals surface area contributed by atoms with Crippen LogP contribution in [-0.2, 0) is 11.2 Å². The van der Waals surface area contributed by atoms with E-state index in [1.807, 2.05) is 55.5 Å². The Balaban J connectivity index is 1.53. The van der Waals surface area contributed by atoms with E-state index in [4.69, 9.17) is 4.74 Å². The Labute approximate surface area is 215 Å². The van der Waals surface area contributed by atoms with E-state index in [0.29, 0.717) is 35.2 Å². The number of ether oxygens (including phenoxy) is 1. The third-order valence-electron chi connectivity index (χ3n) is 6.89. The lowest BCUT2D eigenvalue weighted by molar-refractivity contribution is -0.121. The second-order valence-corrected chi connectivity index (χ2v) is 9.06. The number of rotatable bonds is 8. The van der Waals surface area contributed by atoms with Crippen LogP contribution < -0.4 is 10.1 Å². The fourth-order valence-electron chi connectivity index (χ4n) is 4.96. The molecule has 1 N–H and O–H groups in total. The third kappa shape index (κ3) is 4.56. The van der Waals surface area contributed by atoms with Crippen molar-refractivity contribution in [3.63, 3.8) is 0 Å². The van der Waals surface area contributed by atoms with E-state index in [1.165, 1.54) is 0 Å². The van der Waals surface area contributed by atoms with Crippen molar-refractivity contribution < 1.29 is 19.1 Å². The van der Waals surface area contributed by atoms with E-state index in [-0.39, 0.29) is 5.92 Å². The molecular formula is C30H27N3O4. The number of fused-ring (bicyclic) bond motifs is 2. The second kappa shape index (κ2) is 10.2. The molecule has 0 saturated carbocycles. The normalized spacial score (nSPS) is 14.4. The first-order chi connectivity index (χ1) is 18.0. The number of para-hydroxylation sites is 1. The van der Waals surface area contributed by atoms with Gasteiger partial charge in [-0.3, -0.25) is 24.3 Å². The molecule has 2 atom stereocenters. The minimum atomic E-state index is -1.02. The van der Waals surface area contributed by atoms with E-state index < -0.39 is 23.8 Å². The van der Waals surface area contributed by atoms with Gasteiger partial charge in [-0.25, -0.2) is 0 Å². The first-order valence-electron chi connectivity index (χ1n) is 12.3. The highest BCUT2D eigenvalue weighted by Gasteiger charge is 2.45. The number of anilines is 1. The van der Waals surface area contributed by atoms with Crippen LogP contribution in [0.5, 0.6) is 5.75 Å². The Kier molecular flexibility index (Phi) is 6.68. The Morgan fingerprint density at radius 1 is 0.919 bits per heavy atom. The predicted molar refractivity (Wildman–Crippen MR) is 142 cm³/mol. The van der Waals surface area contributed by atoms with Gasteiger partial charge in [0.25, 0.3) is 11.8 Å². The van der Waals surface area contributed by atoms with Crippen molar-refractivity contribution in [2.45, 2.75) is 25.8 Å². The van der Waals surface area contributed by atoms with Crippen LogP contribution in [-0.4, -0.2) is 40.8 Å². The topological polar surface area (TPSA) is 88.6 Å². The van der Waals surface area contributed by atoms with Gasteiger partial charge in [0.1, 0.15) is 11.8 Å². The molecule has 0 bridgehead atoms. The molecule has 0 aliphatic carbocycles. The van der Waals surface area contributed by atoms with Crippen LogP contribution in [0.4, 0.5) is 5.69 Å². The molecule has 4 aromatic rings. The maximum absolute atomic E-state index is 14.0. The lowest BCUT2D eigenvalue weighted by Gasteiger charge is -2.32. The first kappa shape index (κ1) is 24.2. The quantitative estimate of drug-likeness (QED) is 0.345. The van der Waals surface area contributed by atoms with Gasteiger partial charge in [-0.15, -0.1) is 0 Å². The van der Waals surface area contributed by atoms with Crippen LogP contribution in [0.3, 0.4) is 0 Å². The lowest BCUT2D eigenvalue weighted by Crippen LogP contribution is -2.51. The number of aromatic nitrogens is 1. The van der Waals surface area contributed by atoms with Crippen molar-refractivity contribution >= 4 is 34.3 Å². The fourth-order valence-corrected chi connectivity index (χ4v) is 4.96. The Morgan fingerprint density at radius 2 is 1.59 bits per heavy atom. The number of nitrogens with zero attached hydrogens (tertiary/aromatic N) is 2. The molecule has 37 heavy (non-hydrogen) atoms. The Bertz CT molecular complexity index is 1440. The molecule has 0 fully saturated rings. The second-order valence-electron chi connectivity index (χ2n) is 9.06. The number of pyridine rings is 1. The van der Waals surface area contributed by atoms with Crippen LogP contribution in [0.25, 0.3) is 10.9 Å². The zero-order chi connectivity index (χ0) is 25.9. The number of carbonyl (C=O) groups is 3. The van der Waals surface area contributed by atoms with Gasteiger partial charge in [0.15, 0.2) is 0 Å². The summed E-state index contributed by atoms with van der Waals surface area (Å²) in [5, 5.41) is 3.86. The number of benzene rings is 3. The van der Waals surface area contributed by atoms with Gasteiger partial charge in [0.05, 0.1) is 29.4 Å². The maximum atomic E-state index is 14.0. The SMILES string of the molecule is CC[C@H](Cc1ccc(OC)cc1)[C@@H](C(=O)Nc1cccc2cccnc12)N1C(=O)c2ccccc2C1=O. The third-order valence-corrected chi connectivity index (χ3v) is 6.89. The Hall–Kier alpha value is -4.52. The highest BCUT2D eigenvalue weighted by molar-refractivity contribution is 6.23. The highest BCUT2D eigenvalue weighted by atomic mass is 16.5. The molecule has 5 rings (SSSR count). The largest absolute Gasteiger partial charge is 0.497 e. The number of hydrogen-bond acceptors (Lipinski definition) is 5. The molecule has 0 unspecified atom stereocenters. The summed E-state index contributed by atoms with van der Waals surface area (Å²) in [5.74, 6) is -0.920. The molecule has 186 valence electrons. The molecular weight excluding hydrogens is 466 g/mol. The van der Waals surface area contributed by atoms with Gasteiger partial charge >= 0.3 is 0 Å². The van der Waals surface area contributed by atoms with Crippen LogP contribution in [0.15, 0.2) is 85.1 Å². The zero-order valence-corrected chi connectivity index (χ0v) is 20.7. The summed E-state index contributed by atoms with van der Waals surface area (Å²) in [7, 11) is 1.61. The van der Waals surface area contributed by atoms with Crippen molar-refractivity contribution in [3.05, 3.63) is 102 Å². The lowest BCUT2D eigenvalue weighted by atomic mass is 9.88. The summed E-state index contributed by atoms with van der Waals surface area (Å²) in [6, 6.07) is 22.6. The standard InChI is InChI=1S/C30H27N3O4/c1-3-20(18-19-13-15-22(37-2)16-14-19)27(33-29(35)23-10-4-5-11-24(23)30(33)36)28(34)32-25-12-6-8-21-9-7-17-31-26(21)25/h4-17,20,27H,3,18H2,1-2H3,(H,32,34)/t20-,27+/m1/s1. The average Bonchev–Trinajstić information content (AvgIpc) is 3.18. The van der Waals surface area contributed by atoms with Gasteiger partial charge in [-0.1, -0.05) is 55.8 Å². The van der Waals surface area contributed by atoms with E-state index in [2.05, 4.69) is 10.3 Å². The van der Waals surface area contributed by atoms with E-state index in [1.54, 1.807) is 43.6 Å². The van der Waals surface area contributed by atoms with E-state index >= 15 is 0 Å². The maximum Gasteiger partial charge on any atom is 0.262 e. The van der Waals surface area contributed by atoms with Crippen molar-refractivity contribution in [2.24, 2.45) is 5.92 Å². The Morgan fingerprint density at radius 3 is 2.24 bits per heavy atom. The van der Waals surface area contributed by atoms with Crippen molar-refractivity contribution in [2.75, 3.05) is 12.4 Å². The van der Waals surface area contributed by atoms with Crippen LogP contribution in [0, 0.1) is 5.92 Å². The monoisotopic (exact) mass is 493 g/mol. The summed E-state index contributed by atoms with van der Waals surface area (Å²) in [4.78, 5) is 46.5. The molecule has 1 aromatic heterocycles. The summed E-state index contributed by atoms with van der Waals surface area (Å²) >= 11 is 0. The van der Waals surface area contributed by atoms with Gasteiger partial charge in [0, 0.05) is 11.6 Å². The number of amides is 3. The molecule has 0 saturated heterocycles. The van der Waals surface area contributed by atoms with E-state index in [0.717, 1.165) is 21.6 Å². The minimum absolute atomic E-state index is 0.316. The number of nitrogens with one attached hydrogen (secondary N) is 1. The van der Waals surface area contributed by atoms with Crippen molar-refractivity contribution in [3.8, 4) is 5.75 Å². The number of methoxy groups -OCH3 is 1. The number of hydrogen-bond donors (Lipinski definition) is 1. The van der Waals surface area contributed by atoms with Crippen molar-refractivity contribution in [1.29, 1.82) is 0 Å². The summed E-state index contributed by atoms with van der Waals surface area (Å²) < 4.78 is 5.27. The molecule has 0 spiro atoms. The summed E-state index contributed by atoms with van der Waals surface area (Å²) in [6.45, 7) is 1.96. The molecule has 1 aliphatic heterocycles. The number of imide groups is 1. The zero-order valence-electron chi connectivity index (χ0n) is 20.7. The minimum Gasteiger partial charge on any atom is -0.497 e. The molecule has 7 nitrogen and oxygen atoms in total. The molecule has 1 aliphatic rings. The van der Waals surface area contributed by atoms with Crippen LogP contribution in [0.1, 0.15) is 39.6 Å². The van der Waals surface area contributed by atoms with Gasteiger partial charge in [-0.2, -0.15) is 0 Å². The van der Waals surface area contributed by atoms with Crippen molar-refractivity contribution in [1.82, 2.24) is 9.88 Å². The summed E-state index contributed by atoms with van der Waals surface area (Å²) in [5.41, 5.74) is 2.79. The van der Waals surface area contributed by atoms with Gasteiger partial charge < -0.3 is 10.1 Å². The van der Waals surface area contributed by atoms with Crippen LogP contribution in [0.2, 0.25) is 0 Å². The molecule has 2 heterocycles. The summed E-state index contributed by atoms with van der Waals surface area (Å²) in [6.07, 6.45) is 2.74. The first-order valence-corrected chi connectivity index (χ1v) is 12.3. The molecule has 0 radical (unpaired) electrons. The molecule has 3 amide bonds. The smallest absolute Gasteiger partial charge is 0.262 e. The molecule has 7 heteroatoms. The molecule has 3 aromatic carbocycles. The van der Waals surface area contributed by atoms with E-state index in [9.17, 15) is 14.4 Å². The van der Waals surface area contributed by atoms with Crippen LogP contribution >= 0.6 is 0 Å². The van der Waals surface area contributed by atoms with Gasteiger partial charge in [0.2, 0.25) is 5.91 Å². The van der Waals surface area contributed by atoms with Gasteiger partial charge in [-0.05, 0) is 54.3 Å². The highest BCUT2D eigenvalue weighted by Crippen LogP contribution is 2.31. The fraction of sp³-hybridized carbons (Fsp3) is 0.200.